The van der Waals surface area contributed by atoms with Gasteiger partial charge in [-0.15, -0.1) is 0 Å². The van der Waals surface area contributed by atoms with E-state index >= 15 is 0 Å². The summed E-state index contributed by atoms with van der Waals surface area (Å²) >= 11 is 0. The van der Waals surface area contributed by atoms with Gasteiger partial charge in [0.05, 0.1) is 12.3 Å². The number of para-hydroxylation sites is 1. The van der Waals surface area contributed by atoms with Crippen molar-refractivity contribution in [2.24, 2.45) is 0 Å². The second-order valence-corrected chi connectivity index (χ2v) is 5.96. The predicted octanol–water partition coefficient (Wildman–Crippen LogP) is 1.35. The number of nitrogens with zero attached hydrogens (tertiary/aromatic N) is 1. The third-order valence-corrected chi connectivity index (χ3v) is 4.16. The lowest BCUT2D eigenvalue weighted by Gasteiger charge is -2.27. The molecule has 0 unspecified atom stereocenters. The molecule has 2 N–H and O–H groups in total. The number of anilines is 1. The smallest absolute Gasteiger partial charge is 0.395 e. The van der Waals surface area contributed by atoms with Crippen molar-refractivity contribution in [3.05, 3.63) is 24.3 Å². The summed E-state index contributed by atoms with van der Waals surface area (Å²) in [6, 6.07) is 5.39. The van der Waals surface area contributed by atoms with Crippen molar-refractivity contribution < 1.29 is 26.7 Å². The second kappa shape index (κ2) is 7.10. The summed E-state index contributed by atoms with van der Waals surface area (Å²) < 4.78 is 64.1. The summed E-state index contributed by atoms with van der Waals surface area (Å²) in [7, 11) is -3.90. The Morgan fingerprint density at radius 1 is 1.29 bits per heavy atom. The number of hydrogen-bond acceptors (Lipinski definition) is 4. The lowest BCUT2D eigenvalue weighted by atomic mass is 10.3. The highest BCUT2D eigenvalue weighted by molar-refractivity contribution is 7.89. The van der Waals surface area contributed by atoms with Crippen LogP contribution in [0.2, 0.25) is 0 Å². The average Bonchev–Trinajstić information content (AvgIpc) is 2.37. The molecule has 120 valence electrons. The number of benzene rings is 1. The molecule has 0 fully saturated rings. The minimum absolute atomic E-state index is 0.0928. The number of aliphatic hydroxyl groups excluding tert-OH is 1. The minimum Gasteiger partial charge on any atom is -0.395 e. The molecule has 1 aromatic rings. The van der Waals surface area contributed by atoms with E-state index in [0.717, 1.165) is 4.90 Å². The van der Waals surface area contributed by atoms with E-state index in [-0.39, 0.29) is 23.7 Å². The number of nitrogens with one attached hydrogen (secondary N) is 1. The highest BCUT2D eigenvalue weighted by Gasteiger charge is 2.32. The topological polar surface area (TPSA) is 69.6 Å². The van der Waals surface area contributed by atoms with Gasteiger partial charge in [-0.3, -0.25) is 0 Å². The summed E-state index contributed by atoms with van der Waals surface area (Å²) in [5.41, 5.74) is -0.0928. The molecule has 0 atom stereocenters. The summed E-state index contributed by atoms with van der Waals surface area (Å²) in [6.45, 7) is -0.493. The third kappa shape index (κ3) is 5.18. The van der Waals surface area contributed by atoms with Gasteiger partial charge in [0.15, 0.2) is 0 Å². The standard InChI is InChI=1S/C12H17F3N2O3S/c1-2-16-21(19,20)11-6-4-3-5-10(11)17(7-8-18)9-12(13,14)15/h3-6,16,18H,2,7-9H2,1H3. The fraction of sp³-hybridized carbons (Fsp3) is 0.500. The van der Waals surface area contributed by atoms with Gasteiger partial charge in [0.1, 0.15) is 11.4 Å². The van der Waals surface area contributed by atoms with Crippen LogP contribution in [-0.2, 0) is 10.0 Å². The van der Waals surface area contributed by atoms with Gasteiger partial charge in [-0.2, -0.15) is 13.2 Å². The van der Waals surface area contributed by atoms with Gasteiger partial charge in [-0.05, 0) is 12.1 Å². The number of halogens is 3. The predicted molar refractivity (Wildman–Crippen MR) is 72.7 cm³/mol. The zero-order valence-electron chi connectivity index (χ0n) is 11.4. The Labute approximate surface area is 121 Å². The largest absolute Gasteiger partial charge is 0.405 e. The van der Waals surface area contributed by atoms with Crippen LogP contribution < -0.4 is 9.62 Å². The zero-order chi connectivity index (χ0) is 16.1. The maximum atomic E-state index is 12.6. The fourth-order valence-electron chi connectivity index (χ4n) is 1.84. The molecule has 0 saturated carbocycles. The van der Waals surface area contributed by atoms with Crippen LogP contribution in [0.4, 0.5) is 18.9 Å². The van der Waals surface area contributed by atoms with Crippen LogP contribution in [0.15, 0.2) is 29.2 Å². The molecule has 0 aliphatic carbocycles. The molecule has 21 heavy (non-hydrogen) atoms. The van der Waals surface area contributed by atoms with Crippen molar-refractivity contribution in [1.29, 1.82) is 0 Å². The van der Waals surface area contributed by atoms with Crippen LogP contribution in [0.25, 0.3) is 0 Å². The summed E-state index contributed by atoms with van der Waals surface area (Å²) in [6.07, 6.45) is -4.51. The van der Waals surface area contributed by atoms with Crippen LogP contribution in [0.5, 0.6) is 0 Å². The molecule has 0 aliphatic heterocycles. The molecule has 9 heteroatoms. The Kier molecular flexibility index (Phi) is 5.99. The molecule has 0 amide bonds. The Morgan fingerprint density at radius 2 is 1.90 bits per heavy atom. The van der Waals surface area contributed by atoms with Gasteiger partial charge in [-0.25, -0.2) is 13.1 Å². The minimum atomic E-state index is -4.51. The summed E-state index contributed by atoms with van der Waals surface area (Å²) in [5.74, 6) is 0. The number of hydrogen-bond donors (Lipinski definition) is 2. The lowest BCUT2D eigenvalue weighted by Crippen LogP contribution is -2.37. The van der Waals surface area contributed by atoms with Gasteiger partial charge in [0.2, 0.25) is 10.0 Å². The molecule has 5 nitrogen and oxygen atoms in total. The van der Waals surface area contributed by atoms with Crippen LogP contribution in [-0.4, -0.2) is 45.9 Å². The highest BCUT2D eigenvalue weighted by Crippen LogP contribution is 2.28. The number of aliphatic hydroxyl groups is 1. The van der Waals surface area contributed by atoms with E-state index in [2.05, 4.69) is 4.72 Å². The first-order chi connectivity index (χ1) is 9.71. The molecule has 0 aromatic heterocycles. The number of sulfonamides is 1. The molecule has 1 rings (SSSR count). The van der Waals surface area contributed by atoms with Crippen LogP contribution in [0.1, 0.15) is 6.92 Å². The fourth-order valence-corrected chi connectivity index (χ4v) is 3.10. The summed E-state index contributed by atoms with van der Waals surface area (Å²) in [4.78, 5) is 0.550. The van der Waals surface area contributed by atoms with Gasteiger partial charge in [0.25, 0.3) is 0 Å². The Bertz CT molecular complexity index is 561. The Hall–Kier alpha value is -1.32. The normalized spacial score (nSPS) is 12.4. The summed E-state index contributed by atoms with van der Waals surface area (Å²) in [5, 5.41) is 8.92. The van der Waals surface area contributed by atoms with Gasteiger partial charge < -0.3 is 10.0 Å². The van der Waals surface area contributed by atoms with Crippen molar-refractivity contribution >= 4 is 15.7 Å². The van der Waals surface area contributed by atoms with E-state index in [1.807, 2.05) is 0 Å². The van der Waals surface area contributed by atoms with Crippen molar-refractivity contribution in [1.82, 2.24) is 4.72 Å². The van der Waals surface area contributed by atoms with Crippen molar-refractivity contribution in [2.75, 3.05) is 31.1 Å². The monoisotopic (exact) mass is 326 g/mol. The molecule has 0 aliphatic rings. The van der Waals surface area contributed by atoms with Crippen molar-refractivity contribution in [2.45, 2.75) is 18.0 Å². The zero-order valence-corrected chi connectivity index (χ0v) is 12.2. The number of rotatable bonds is 7. The molecule has 0 saturated heterocycles. The van der Waals surface area contributed by atoms with Crippen LogP contribution in [0.3, 0.4) is 0 Å². The number of alkyl halides is 3. The van der Waals surface area contributed by atoms with Gasteiger partial charge in [0, 0.05) is 13.1 Å². The van der Waals surface area contributed by atoms with Crippen molar-refractivity contribution in [3.8, 4) is 0 Å². The maximum absolute atomic E-state index is 12.6. The van der Waals surface area contributed by atoms with Gasteiger partial charge >= 0.3 is 6.18 Å². The second-order valence-electron chi connectivity index (χ2n) is 4.23. The SMILES string of the molecule is CCNS(=O)(=O)c1ccccc1N(CCO)CC(F)(F)F. The van der Waals surface area contributed by atoms with E-state index in [1.165, 1.54) is 24.3 Å². The molecule has 0 spiro atoms. The Morgan fingerprint density at radius 3 is 2.43 bits per heavy atom. The molecular weight excluding hydrogens is 309 g/mol. The average molecular weight is 326 g/mol. The molecule has 0 heterocycles. The van der Waals surface area contributed by atoms with Crippen LogP contribution >= 0.6 is 0 Å². The maximum Gasteiger partial charge on any atom is 0.405 e. The first-order valence-corrected chi connectivity index (χ1v) is 7.71. The van der Waals surface area contributed by atoms with E-state index in [1.54, 1.807) is 6.92 Å². The van der Waals surface area contributed by atoms with E-state index in [9.17, 15) is 21.6 Å². The van der Waals surface area contributed by atoms with Gasteiger partial charge in [-0.1, -0.05) is 19.1 Å². The third-order valence-electron chi connectivity index (χ3n) is 2.57. The van der Waals surface area contributed by atoms with E-state index in [0.29, 0.717) is 0 Å². The molecule has 0 bridgehead atoms. The van der Waals surface area contributed by atoms with E-state index in [4.69, 9.17) is 5.11 Å². The quantitative estimate of drug-likeness (QED) is 0.793. The van der Waals surface area contributed by atoms with Crippen molar-refractivity contribution in [3.63, 3.8) is 0 Å². The van der Waals surface area contributed by atoms with Crippen LogP contribution in [0, 0.1) is 0 Å². The first-order valence-electron chi connectivity index (χ1n) is 6.22. The highest BCUT2D eigenvalue weighted by atomic mass is 32.2. The lowest BCUT2D eigenvalue weighted by molar-refractivity contribution is -0.119. The molecule has 1 aromatic carbocycles. The van der Waals surface area contributed by atoms with E-state index < -0.39 is 29.4 Å². The molecular formula is C12H17F3N2O3S. The first kappa shape index (κ1) is 17.7. The Balaban J connectivity index is 3.26. The molecule has 0 radical (unpaired) electrons.